The van der Waals surface area contributed by atoms with Crippen LogP contribution in [0.2, 0.25) is 10.0 Å². The molecule has 0 aliphatic carbocycles. The summed E-state index contributed by atoms with van der Waals surface area (Å²) in [5.74, 6) is -3.57. The maximum absolute atomic E-state index is 12.5. The van der Waals surface area contributed by atoms with Crippen molar-refractivity contribution in [3.05, 3.63) is 28.2 Å². The summed E-state index contributed by atoms with van der Waals surface area (Å²) in [7, 11) is 0. The Morgan fingerprint density at radius 1 is 0.895 bits per heavy atom. The van der Waals surface area contributed by atoms with E-state index in [1.165, 1.54) is 25.1 Å². The average Bonchev–Trinajstić information content (AvgIpc) is 2.77. The minimum Gasteiger partial charge on any atom is -0.463 e. The van der Waals surface area contributed by atoms with Gasteiger partial charge in [0.05, 0.1) is 10.7 Å². The van der Waals surface area contributed by atoms with Crippen molar-refractivity contribution in [3.8, 4) is 0 Å². The van der Waals surface area contributed by atoms with Crippen LogP contribution in [0.3, 0.4) is 0 Å². The van der Waals surface area contributed by atoms with E-state index in [2.05, 4.69) is 5.32 Å². The van der Waals surface area contributed by atoms with Gasteiger partial charge in [-0.2, -0.15) is 0 Å². The van der Waals surface area contributed by atoms with Gasteiger partial charge in [-0.25, -0.2) is 0 Å². The van der Waals surface area contributed by atoms with Crippen molar-refractivity contribution in [1.29, 1.82) is 0 Å². The number of amides is 1. The molecule has 1 N–H and O–H groups in total. The fraction of sp³-hybridized carbons (Fsp3) is 0.478. The molecule has 1 aromatic carbocycles. The van der Waals surface area contributed by atoms with Crippen molar-refractivity contribution >= 4 is 76.0 Å². The molecular formula is C23H26Cl2N2O10S. The van der Waals surface area contributed by atoms with Gasteiger partial charge in [-0.15, -0.1) is 0 Å². The zero-order valence-electron chi connectivity index (χ0n) is 21.0. The fourth-order valence-electron chi connectivity index (χ4n) is 3.62. The fourth-order valence-corrected chi connectivity index (χ4v) is 4.45. The van der Waals surface area contributed by atoms with Gasteiger partial charge in [-0.1, -0.05) is 23.2 Å². The summed E-state index contributed by atoms with van der Waals surface area (Å²) in [6.45, 7) is 5.25. The normalized spacial score (nSPS) is 22.4. The molecule has 1 saturated heterocycles. The molecule has 1 aliphatic heterocycles. The molecule has 0 spiro atoms. The summed E-state index contributed by atoms with van der Waals surface area (Å²) in [6.07, 6.45) is -6.77. The number of thiocarbonyl (C=S) groups is 1. The molecule has 0 saturated carbocycles. The Hall–Kier alpha value is -3.00. The summed E-state index contributed by atoms with van der Waals surface area (Å²) in [5, 5.41) is 2.96. The zero-order chi connectivity index (χ0) is 28.7. The third-order valence-corrected chi connectivity index (χ3v) is 5.76. The van der Waals surface area contributed by atoms with E-state index in [0.717, 1.165) is 32.6 Å². The van der Waals surface area contributed by atoms with Crippen molar-refractivity contribution in [2.24, 2.45) is 0 Å². The quantitative estimate of drug-likeness (QED) is 0.281. The first-order valence-electron chi connectivity index (χ1n) is 11.1. The van der Waals surface area contributed by atoms with E-state index in [1.807, 2.05) is 0 Å². The van der Waals surface area contributed by atoms with Crippen LogP contribution in [-0.2, 0) is 47.7 Å². The smallest absolute Gasteiger partial charge is 0.303 e. The van der Waals surface area contributed by atoms with E-state index in [4.69, 9.17) is 59.1 Å². The number of rotatable bonds is 7. The Labute approximate surface area is 233 Å². The number of anilines is 1. The summed E-state index contributed by atoms with van der Waals surface area (Å²) >= 11 is 17.7. The van der Waals surface area contributed by atoms with Gasteiger partial charge < -0.3 is 29.0 Å². The second-order valence-corrected chi connectivity index (χ2v) is 9.25. The molecule has 0 bridgehead atoms. The molecule has 0 radical (unpaired) electrons. The number of hydrogen-bond acceptors (Lipinski definition) is 11. The molecule has 5 atom stereocenters. The molecule has 208 valence electrons. The van der Waals surface area contributed by atoms with E-state index >= 15 is 0 Å². The molecule has 1 fully saturated rings. The van der Waals surface area contributed by atoms with Crippen molar-refractivity contribution in [2.45, 2.75) is 65.3 Å². The Bertz CT molecular complexity index is 1120. The maximum atomic E-state index is 12.5. The van der Waals surface area contributed by atoms with E-state index in [9.17, 15) is 24.0 Å². The van der Waals surface area contributed by atoms with Crippen LogP contribution in [-0.4, -0.2) is 72.1 Å². The molecule has 38 heavy (non-hydrogen) atoms. The first kappa shape index (κ1) is 31.2. The van der Waals surface area contributed by atoms with Crippen LogP contribution < -0.4 is 10.2 Å². The lowest BCUT2D eigenvalue weighted by Gasteiger charge is -2.45. The molecular weight excluding hydrogens is 567 g/mol. The first-order chi connectivity index (χ1) is 17.7. The number of nitrogens with one attached hydrogen (secondary N) is 1. The molecule has 12 nitrogen and oxygen atoms in total. The largest absolute Gasteiger partial charge is 0.463 e. The molecule has 1 amide bonds. The third-order valence-electron chi connectivity index (χ3n) is 4.93. The van der Waals surface area contributed by atoms with Crippen molar-refractivity contribution in [2.75, 3.05) is 11.5 Å². The van der Waals surface area contributed by atoms with E-state index in [1.54, 1.807) is 0 Å². The number of carbonyl (C=O) groups is 5. The van der Waals surface area contributed by atoms with E-state index in [0.29, 0.717) is 5.02 Å². The predicted octanol–water partition coefficient (Wildman–Crippen LogP) is 2.30. The summed E-state index contributed by atoms with van der Waals surface area (Å²) in [4.78, 5) is 60.9. The molecule has 1 aliphatic rings. The number of esters is 4. The van der Waals surface area contributed by atoms with Crippen molar-refractivity contribution in [1.82, 2.24) is 5.32 Å². The second kappa shape index (κ2) is 13.7. The minimum atomic E-state index is -1.43. The molecule has 2 rings (SSSR count). The number of halogens is 2. The van der Waals surface area contributed by atoms with Gasteiger partial charge in [0, 0.05) is 39.6 Å². The monoisotopic (exact) mass is 592 g/mol. The third kappa shape index (κ3) is 8.51. The topological polar surface area (TPSA) is 147 Å². The number of carbonyl (C=O) groups excluding carboxylic acids is 5. The second-order valence-electron chi connectivity index (χ2n) is 8.02. The van der Waals surface area contributed by atoms with Crippen LogP contribution in [0.15, 0.2) is 18.2 Å². The van der Waals surface area contributed by atoms with Gasteiger partial charge in [0.2, 0.25) is 5.91 Å². The Kier molecular flexibility index (Phi) is 11.2. The van der Waals surface area contributed by atoms with Gasteiger partial charge in [-0.3, -0.25) is 28.9 Å². The summed E-state index contributed by atoms with van der Waals surface area (Å²) in [5.41, 5.74) is 0.187. The molecule has 0 aromatic heterocycles. The van der Waals surface area contributed by atoms with Crippen LogP contribution >= 0.6 is 35.4 Å². The van der Waals surface area contributed by atoms with E-state index < -0.39 is 67.0 Å². The van der Waals surface area contributed by atoms with Gasteiger partial charge in [0.15, 0.2) is 29.7 Å². The molecule has 15 heteroatoms. The zero-order valence-corrected chi connectivity index (χ0v) is 23.3. The highest BCUT2D eigenvalue weighted by Crippen LogP contribution is 2.31. The van der Waals surface area contributed by atoms with Crippen LogP contribution in [0.5, 0.6) is 0 Å². The molecule has 0 unspecified atom stereocenters. The lowest BCUT2D eigenvalue weighted by molar-refractivity contribution is -0.254. The summed E-state index contributed by atoms with van der Waals surface area (Å²) in [6, 6.07) is 4.37. The lowest BCUT2D eigenvalue weighted by atomic mass is 9.97. The number of benzene rings is 1. The number of ether oxygens (including phenoxy) is 5. The number of nitrogens with zero attached hydrogens (tertiary/aromatic N) is 1. The van der Waals surface area contributed by atoms with Gasteiger partial charge in [0.1, 0.15) is 12.7 Å². The Morgan fingerprint density at radius 2 is 1.45 bits per heavy atom. The van der Waals surface area contributed by atoms with Crippen molar-refractivity contribution < 1.29 is 47.7 Å². The first-order valence-corrected chi connectivity index (χ1v) is 12.2. The highest BCUT2D eigenvalue weighted by atomic mass is 35.5. The molecule has 1 aromatic rings. The molecule has 1 heterocycles. The maximum Gasteiger partial charge on any atom is 0.303 e. The van der Waals surface area contributed by atoms with Gasteiger partial charge in [-0.05, 0) is 30.4 Å². The van der Waals surface area contributed by atoms with Crippen LogP contribution in [0, 0.1) is 0 Å². The standard InChI is InChI=1S/C23H26Cl2N2O10S/c1-10(28)27(17-7-6-15(24)8-16(17)25)23(38)26-22-21(36-14(5)32)20(35-13(4)31)19(34-12(3)30)18(37-22)9-33-11(2)29/h6-8,18-22H,9H2,1-5H3,(H,26,38)/t18-,19-,20+,21-,22-/m1/s1. The highest BCUT2D eigenvalue weighted by Gasteiger charge is 2.52. The lowest BCUT2D eigenvalue weighted by Crippen LogP contribution is -2.67. The summed E-state index contributed by atoms with van der Waals surface area (Å²) < 4.78 is 27.1. The number of hydrogen-bond donors (Lipinski definition) is 1. The van der Waals surface area contributed by atoms with Crippen LogP contribution in [0.1, 0.15) is 34.6 Å². The predicted molar refractivity (Wildman–Crippen MR) is 137 cm³/mol. The van der Waals surface area contributed by atoms with Crippen LogP contribution in [0.25, 0.3) is 0 Å². The van der Waals surface area contributed by atoms with Crippen LogP contribution in [0.4, 0.5) is 5.69 Å². The minimum absolute atomic E-state index is 0.110. The Morgan fingerprint density at radius 3 is 1.95 bits per heavy atom. The average molecular weight is 593 g/mol. The van der Waals surface area contributed by atoms with Gasteiger partial charge in [0.25, 0.3) is 0 Å². The SMILES string of the molecule is CC(=O)OC[C@H]1O[C@@H](NC(=S)N(C(C)=O)c2ccc(Cl)cc2Cl)[C@H](OC(C)=O)[C@@H](OC(C)=O)[C@@H]1OC(C)=O. The Balaban J connectivity index is 2.52. The van der Waals surface area contributed by atoms with Crippen molar-refractivity contribution in [3.63, 3.8) is 0 Å². The van der Waals surface area contributed by atoms with E-state index in [-0.39, 0.29) is 15.8 Å². The van der Waals surface area contributed by atoms with Gasteiger partial charge >= 0.3 is 23.9 Å². The highest BCUT2D eigenvalue weighted by molar-refractivity contribution is 7.80.